The van der Waals surface area contributed by atoms with Crippen molar-refractivity contribution in [2.45, 2.75) is 26.8 Å². The van der Waals surface area contributed by atoms with Crippen LogP contribution in [0.1, 0.15) is 49.4 Å². The molecule has 0 saturated heterocycles. The number of hydrogen-bond acceptors (Lipinski definition) is 5. The average Bonchev–Trinajstić information content (AvgIpc) is 2.98. The second-order valence-corrected chi connectivity index (χ2v) is 7.00. The van der Waals surface area contributed by atoms with Crippen LogP contribution >= 0.6 is 0 Å². The van der Waals surface area contributed by atoms with E-state index in [0.717, 1.165) is 0 Å². The molecule has 7 heteroatoms. The third-order valence-corrected chi connectivity index (χ3v) is 5.33. The fraction of sp³-hybridized carbons (Fsp3) is 0.348. The number of ether oxygens (including phenoxy) is 2. The zero-order chi connectivity index (χ0) is 22.6. The molecule has 0 aliphatic rings. The van der Waals surface area contributed by atoms with Gasteiger partial charge in [0.25, 0.3) is 5.91 Å². The van der Waals surface area contributed by atoms with E-state index in [9.17, 15) is 14.4 Å². The fourth-order valence-corrected chi connectivity index (χ4v) is 3.53. The number of esters is 1. The molecule has 0 saturated carbocycles. The summed E-state index contributed by atoms with van der Waals surface area (Å²) in [5, 5.41) is 0. The number of benzene rings is 1. The van der Waals surface area contributed by atoms with Gasteiger partial charge >= 0.3 is 5.97 Å². The SMILES string of the molecule is C=CCN(C(=O)c1ccc(OC)cc1)C(C)C(=O)c1c(C)c(C(=O)OC)n(C)c1C. The van der Waals surface area contributed by atoms with Crippen LogP contribution in [0.5, 0.6) is 5.75 Å². The lowest BCUT2D eigenvalue weighted by atomic mass is 9.99. The van der Waals surface area contributed by atoms with Gasteiger partial charge in [-0.25, -0.2) is 4.79 Å². The van der Waals surface area contributed by atoms with Crippen molar-refractivity contribution in [2.24, 2.45) is 7.05 Å². The summed E-state index contributed by atoms with van der Waals surface area (Å²) in [5.74, 6) is -0.420. The minimum atomic E-state index is -0.761. The first-order chi connectivity index (χ1) is 14.2. The predicted octanol–water partition coefficient (Wildman–Crippen LogP) is 3.34. The van der Waals surface area contributed by atoms with E-state index in [-0.39, 0.29) is 18.2 Å². The smallest absolute Gasteiger partial charge is 0.354 e. The van der Waals surface area contributed by atoms with Gasteiger partial charge in [0, 0.05) is 30.4 Å². The van der Waals surface area contributed by atoms with E-state index in [2.05, 4.69) is 6.58 Å². The monoisotopic (exact) mass is 412 g/mol. The van der Waals surface area contributed by atoms with Gasteiger partial charge in [0.15, 0.2) is 5.78 Å². The molecular weight excluding hydrogens is 384 g/mol. The number of carbonyl (C=O) groups is 3. The molecule has 0 aliphatic heterocycles. The number of ketones is 1. The highest BCUT2D eigenvalue weighted by Crippen LogP contribution is 2.25. The lowest BCUT2D eigenvalue weighted by Gasteiger charge is -2.27. The van der Waals surface area contributed by atoms with Crippen LogP contribution < -0.4 is 4.74 Å². The molecule has 0 spiro atoms. The molecule has 1 amide bonds. The fourth-order valence-electron chi connectivity index (χ4n) is 3.53. The highest BCUT2D eigenvalue weighted by atomic mass is 16.5. The van der Waals surface area contributed by atoms with Gasteiger partial charge in [-0.2, -0.15) is 0 Å². The van der Waals surface area contributed by atoms with Crippen molar-refractivity contribution in [1.29, 1.82) is 0 Å². The summed E-state index contributed by atoms with van der Waals surface area (Å²) in [6.07, 6.45) is 1.58. The number of aromatic nitrogens is 1. The van der Waals surface area contributed by atoms with Crippen LogP contribution in [0, 0.1) is 13.8 Å². The first-order valence-corrected chi connectivity index (χ1v) is 9.53. The highest BCUT2D eigenvalue weighted by Gasteiger charge is 2.32. The maximum atomic E-state index is 13.4. The van der Waals surface area contributed by atoms with E-state index >= 15 is 0 Å². The highest BCUT2D eigenvalue weighted by molar-refractivity contribution is 6.07. The van der Waals surface area contributed by atoms with Gasteiger partial charge < -0.3 is 18.9 Å². The third kappa shape index (κ3) is 4.15. The van der Waals surface area contributed by atoms with Crippen molar-refractivity contribution in [3.8, 4) is 5.75 Å². The summed E-state index contributed by atoms with van der Waals surface area (Å²) in [4.78, 5) is 40.1. The molecule has 2 rings (SSSR count). The maximum absolute atomic E-state index is 13.4. The summed E-state index contributed by atoms with van der Waals surface area (Å²) in [6, 6.07) is 5.94. The quantitative estimate of drug-likeness (QED) is 0.378. The molecular formula is C23H28N2O5. The second kappa shape index (κ2) is 9.43. The minimum absolute atomic E-state index is 0.201. The molecule has 7 nitrogen and oxygen atoms in total. The van der Waals surface area contributed by atoms with Crippen molar-refractivity contribution in [1.82, 2.24) is 9.47 Å². The van der Waals surface area contributed by atoms with E-state index in [4.69, 9.17) is 9.47 Å². The predicted molar refractivity (Wildman–Crippen MR) is 114 cm³/mol. The largest absolute Gasteiger partial charge is 0.497 e. The number of nitrogens with zero attached hydrogens (tertiary/aromatic N) is 2. The zero-order valence-electron chi connectivity index (χ0n) is 18.3. The van der Waals surface area contributed by atoms with Crippen LogP contribution in [-0.2, 0) is 11.8 Å². The molecule has 0 bridgehead atoms. The van der Waals surface area contributed by atoms with Gasteiger partial charge in [-0.15, -0.1) is 6.58 Å². The van der Waals surface area contributed by atoms with Crippen LogP contribution in [0.3, 0.4) is 0 Å². The van der Waals surface area contributed by atoms with Gasteiger partial charge in [0.1, 0.15) is 11.4 Å². The van der Waals surface area contributed by atoms with Crippen LogP contribution in [0.2, 0.25) is 0 Å². The lowest BCUT2D eigenvalue weighted by Crippen LogP contribution is -2.43. The Bertz CT molecular complexity index is 972. The van der Waals surface area contributed by atoms with Crippen molar-refractivity contribution < 1.29 is 23.9 Å². The molecule has 0 fully saturated rings. The molecule has 30 heavy (non-hydrogen) atoms. The number of Topliss-reactive ketones (excluding diaryl/α,β-unsaturated/α-hetero) is 1. The molecule has 1 aromatic carbocycles. The van der Waals surface area contributed by atoms with Gasteiger partial charge in [-0.3, -0.25) is 9.59 Å². The van der Waals surface area contributed by atoms with E-state index in [0.29, 0.717) is 33.8 Å². The summed E-state index contributed by atoms with van der Waals surface area (Å²) < 4.78 is 11.6. The van der Waals surface area contributed by atoms with Gasteiger partial charge in [0.05, 0.1) is 20.3 Å². The van der Waals surface area contributed by atoms with Crippen LogP contribution in [-0.4, -0.2) is 53.9 Å². The summed E-state index contributed by atoms with van der Waals surface area (Å²) in [7, 11) is 4.56. The first-order valence-electron chi connectivity index (χ1n) is 9.53. The number of methoxy groups -OCH3 is 2. The Morgan fingerprint density at radius 1 is 1.17 bits per heavy atom. The lowest BCUT2D eigenvalue weighted by molar-refractivity contribution is 0.0588. The Balaban J connectivity index is 2.43. The molecule has 1 heterocycles. The number of carbonyl (C=O) groups excluding carboxylic acids is 3. The standard InChI is InChI=1S/C23H28N2O5/c1-8-13-25(22(27)17-9-11-18(29-6)12-10-17)16(4)21(26)19-14(2)20(23(28)30-7)24(5)15(19)3/h8-12,16H,1,13H2,2-7H3. The van der Waals surface area contributed by atoms with Crippen molar-refractivity contribution in [2.75, 3.05) is 20.8 Å². The summed E-state index contributed by atoms with van der Waals surface area (Å²) >= 11 is 0. The minimum Gasteiger partial charge on any atom is -0.497 e. The van der Waals surface area contributed by atoms with Crippen molar-refractivity contribution >= 4 is 17.7 Å². The number of rotatable bonds is 8. The van der Waals surface area contributed by atoms with Gasteiger partial charge in [0.2, 0.25) is 0 Å². The van der Waals surface area contributed by atoms with E-state index in [1.54, 1.807) is 69.8 Å². The molecule has 1 unspecified atom stereocenters. The average molecular weight is 412 g/mol. The topological polar surface area (TPSA) is 77.8 Å². The summed E-state index contributed by atoms with van der Waals surface area (Å²) in [5.41, 5.74) is 2.35. The van der Waals surface area contributed by atoms with Gasteiger partial charge in [-0.05, 0) is 50.6 Å². The van der Waals surface area contributed by atoms with Crippen LogP contribution in [0.4, 0.5) is 0 Å². The Kier molecular flexibility index (Phi) is 7.21. The first kappa shape index (κ1) is 22.9. The molecule has 2 aromatic rings. The van der Waals surface area contributed by atoms with Crippen LogP contribution in [0.25, 0.3) is 0 Å². The zero-order valence-corrected chi connectivity index (χ0v) is 18.3. The third-order valence-electron chi connectivity index (χ3n) is 5.33. The molecule has 1 atom stereocenters. The Hall–Kier alpha value is -3.35. The Morgan fingerprint density at radius 2 is 1.77 bits per heavy atom. The molecule has 1 aromatic heterocycles. The van der Waals surface area contributed by atoms with Crippen molar-refractivity contribution in [3.63, 3.8) is 0 Å². The Labute approximate surface area is 176 Å². The second-order valence-electron chi connectivity index (χ2n) is 7.00. The van der Waals surface area contributed by atoms with E-state index in [1.807, 2.05) is 0 Å². The number of amides is 1. The molecule has 0 aliphatic carbocycles. The molecule has 0 radical (unpaired) electrons. The van der Waals surface area contributed by atoms with E-state index in [1.165, 1.54) is 12.0 Å². The van der Waals surface area contributed by atoms with E-state index < -0.39 is 12.0 Å². The molecule has 0 N–H and O–H groups in total. The normalized spacial score (nSPS) is 11.5. The molecule has 160 valence electrons. The van der Waals surface area contributed by atoms with Crippen LogP contribution in [0.15, 0.2) is 36.9 Å². The maximum Gasteiger partial charge on any atom is 0.354 e. The summed E-state index contributed by atoms with van der Waals surface area (Å²) in [6.45, 7) is 9.07. The Morgan fingerprint density at radius 3 is 2.27 bits per heavy atom. The van der Waals surface area contributed by atoms with Gasteiger partial charge in [-0.1, -0.05) is 6.08 Å². The number of hydrogen-bond donors (Lipinski definition) is 0. The van der Waals surface area contributed by atoms with Crippen molar-refractivity contribution in [3.05, 3.63) is 65.0 Å².